The zero-order valence-electron chi connectivity index (χ0n) is 16.4. The molecule has 0 aromatic carbocycles. The number of nitrogens with one attached hydrogen (secondary N) is 2. The van der Waals surface area contributed by atoms with Crippen LogP contribution in [0.15, 0.2) is 61.1 Å². The summed E-state index contributed by atoms with van der Waals surface area (Å²) in [5.74, 6) is 0.459. The minimum atomic E-state index is 0. The van der Waals surface area contributed by atoms with Crippen molar-refractivity contribution in [1.29, 1.82) is 0 Å². The molecule has 150 valence electrons. The molecule has 1 aliphatic heterocycles. The van der Waals surface area contributed by atoms with Gasteiger partial charge in [-0.2, -0.15) is 5.10 Å². The van der Waals surface area contributed by atoms with E-state index in [1.165, 1.54) is 0 Å². The number of rotatable bonds is 4. The van der Waals surface area contributed by atoms with Crippen LogP contribution in [0.3, 0.4) is 0 Å². The number of piperidine rings is 1. The van der Waals surface area contributed by atoms with Gasteiger partial charge in [-0.25, -0.2) is 14.5 Å². The number of aromatic amines is 1. The van der Waals surface area contributed by atoms with Crippen LogP contribution in [0.4, 0.5) is 5.69 Å². The van der Waals surface area contributed by atoms with E-state index in [9.17, 15) is 0 Å². The number of likely N-dealkylation sites (tertiary alicyclic amines) is 1. The summed E-state index contributed by atoms with van der Waals surface area (Å²) in [5, 5.41) is 8.75. The molecule has 0 aliphatic carbocycles. The third-order valence-corrected chi connectivity index (χ3v) is 5.72. The molecule has 0 saturated carbocycles. The van der Waals surface area contributed by atoms with Gasteiger partial charge in [-0.15, -0.1) is 5.73 Å². The van der Waals surface area contributed by atoms with E-state index < -0.39 is 0 Å². The lowest BCUT2D eigenvalue weighted by atomic mass is 9.94. The quantitative estimate of drug-likeness (QED) is 0.512. The van der Waals surface area contributed by atoms with E-state index in [-0.39, 0.29) is 2.85 Å². The molecule has 0 unspecified atom stereocenters. The van der Waals surface area contributed by atoms with Gasteiger partial charge in [-0.1, -0.05) is 6.58 Å². The summed E-state index contributed by atoms with van der Waals surface area (Å²) >= 11 is 0. The first-order valence-electron chi connectivity index (χ1n) is 9.83. The third-order valence-electron chi connectivity index (χ3n) is 5.72. The van der Waals surface area contributed by atoms with Crippen molar-refractivity contribution in [2.45, 2.75) is 12.8 Å². The lowest BCUT2D eigenvalue weighted by Gasteiger charge is -2.30. The lowest BCUT2D eigenvalue weighted by Crippen LogP contribution is -2.32. The maximum absolute atomic E-state index is 4.60. The Morgan fingerprint density at radius 2 is 2.17 bits per heavy atom. The Bertz CT molecular complexity index is 1230. The number of hydrogen-bond acceptors (Lipinski definition) is 5. The highest BCUT2D eigenvalue weighted by Crippen LogP contribution is 2.31. The van der Waals surface area contributed by atoms with Crippen LogP contribution < -0.4 is 5.32 Å². The maximum Gasteiger partial charge on any atom is 0.155 e. The minimum Gasteiger partial charge on any atom is -0.351 e. The van der Waals surface area contributed by atoms with Gasteiger partial charge >= 0.3 is 0 Å². The summed E-state index contributed by atoms with van der Waals surface area (Å²) in [6.07, 6.45) is 9.56. The van der Waals surface area contributed by atoms with E-state index in [1.807, 2.05) is 30.7 Å². The molecule has 29 heavy (non-hydrogen) atoms. The fourth-order valence-corrected chi connectivity index (χ4v) is 4.04. The van der Waals surface area contributed by atoms with Crippen molar-refractivity contribution >= 4 is 22.4 Å². The molecule has 4 aromatic heterocycles. The number of anilines is 1. The second-order valence-electron chi connectivity index (χ2n) is 7.59. The van der Waals surface area contributed by atoms with Crippen LogP contribution in [0, 0.1) is 5.92 Å². The summed E-state index contributed by atoms with van der Waals surface area (Å²) in [6, 6.07) is 6.20. The first-order valence-corrected chi connectivity index (χ1v) is 9.83. The van der Waals surface area contributed by atoms with Gasteiger partial charge in [0, 0.05) is 32.1 Å². The Balaban J connectivity index is 0.00000136. The van der Waals surface area contributed by atoms with E-state index in [1.54, 1.807) is 10.8 Å². The fraction of sp³-hybridized carbons (Fsp3) is 0.273. The predicted molar refractivity (Wildman–Crippen MR) is 119 cm³/mol. The topological polar surface area (TPSA) is 74.1 Å². The minimum absolute atomic E-state index is 0. The average Bonchev–Trinajstić information content (AvgIpc) is 3.38. The van der Waals surface area contributed by atoms with Gasteiger partial charge in [0.15, 0.2) is 5.65 Å². The lowest BCUT2D eigenvalue weighted by molar-refractivity contribution is 0.239. The van der Waals surface area contributed by atoms with Gasteiger partial charge in [-0.05, 0) is 56.7 Å². The molecule has 7 heteroatoms. The van der Waals surface area contributed by atoms with Crippen molar-refractivity contribution < 1.29 is 2.85 Å². The molecule has 0 atom stereocenters. The zero-order chi connectivity index (χ0) is 19.8. The van der Waals surface area contributed by atoms with Gasteiger partial charge in [0.05, 0.1) is 17.6 Å². The summed E-state index contributed by atoms with van der Waals surface area (Å²) in [6.45, 7) is 6.11. The molecule has 0 spiro atoms. The van der Waals surface area contributed by atoms with Crippen LogP contribution in [0.1, 0.15) is 15.7 Å². The monoisotopic (exact) mass is 389 g/mol. The number of allylic oxidation sites excluding steroid dienone is 1. The van der Waals surface area contributed by atoms with Gasteiger partial charge in [0.2, 0.25) is 0 Å². The van der Waals surface area contributed by atoms with Crippen molar-refractivity contribution in [2.75, 3.05) is 25.5 Å². The molecule has 0 radical (unpaired) electrons. The Hall–Kier alpha value is -3.41. The summed E-state index contributed by atoms with van der Waals surface area (Å²) in [5.41, 5.74) is 8.97. The molecule has 1 aliphatic rings. The molecule has 7 nitrogen and oxygen atoms in total. The number of fused-ring (bicyclic) bond motifs is 2. The van der Waals surface area contributed by atoms with Crippen molar-refractivity contribution in [2.24, 2.45) is 5.92 Å². The zero-order valence-corrected chi connectivity index (χ0v) is 16.4. The van der Waals surface area contributed by atoms with Gasteiger partial charge in [0.25, 0.3) is 0 Å². The average molecular weight is 390 g/mol. The van der Waals surface area contributed by atoms with Crippen molar-refractivity contribution in [3.8, 4) is 11.1 Å². The third kappa shape index (κ3) is 3.31. The molecule has 5 rings (SSSR count). The smallest absolute Gasteiger partial charge is 0.155 e. The van der Waals surface area contributed by atoms with Crippen LogP contribution in [-0.4, -0.2) is 49.6 Å². The van der Waals surface area contributed by atoms with Crippen LogP contribution in [0.5, 0.6) is 0 Å². The Labute approximate surface area is 171 Å². The van der Waals surface area contributed by atoms with Crippen LogP contribution in [-0.2, 0) is 0 Å². The SMILES string of the molecule is C=C=C(Nc1cnc2[nH]cc(-c3ccn4ncnc4c3)c2c1)C1CCN(C)CC1.[HH].[HH]. The number of hydrogen-bond donors (Lipinski definition) is 2. The second-order valence-corrected chi connectivity index (χ2v) is 7.59. The highest BCUT2D eigenvalue weighted by Gasteiger charge is 2.20. The van der Waals surface area contributed by atoms with Gasteiger partial charge in [-0.3, -0.25) is 0 Å². The molecule has 0 amide bonds. The van der Waals surface area contributed by atoms with Crippen LogP contribution >= 0.6 is 0 Å². The molecule has 0 bridgehead atoms. The largest absolute Gasteiger partial charge is 0.351 e. The molecule has 1 saturated heterocycles. The van der Waals surface area contributed by atoms with Crippen LogP contribution in [0.25, 0.3) is 27.8 Å². The second kappa shape index (κ2) is 7.20. The first-order chi connectivity index (χ1) is 14.2. The molecular weight excluding hydrogens is 362 g/mol. The molecule has 5 heterocycles. The van der Waals surface area contributed by atoms with Crippen molar-refractivity contribution in [3.63, 3.8) is 0 Å². The normalized spacial score (nSPS) is 15.6. The number of pyridine rings is 2. The Morgan fingerprint density at radius 1 is 1.31 bits per heavy atom. The van der Waals surface area contributed by atoms with Gasteiger partial charge < -0.3 is 15.2 Å². The van der Waals surface area contributed by atoms with E-state index in [2.05, 4.69) is 55.7 Å². The fourth-order valence-electron chi connectivity index (χ4n) is 4.04. The highest BCUT2D eigenvalue weighted by molar-refractivity contribution is 5.95. The van der Waals surface area contributed by atoms with E-state index >= 15 is 0 Å². The summed E-state index contributed by atoms with van der Waals surface area (Å²) in [7, 11) is 2.17. The van der Waals surface area contributed by atoms with Crippen LogP contribution in [0.2, 0.25) is 0 Å². The van der Waals surface area contributed by atoms with E-state index in [4.69, 9.17) is 0 Å². The maximum atomic E-state index is 4.60. The standard InChI is InChI=1S/C22H23N7.2H2/c1-3-20(15-4-7-28(2)8-5-15)27-17-11-18-19(13-24-22(18)23-12-17)16-6-9-29-21(10-16)25-14-26-29;;/h6,9-15,27H,1,4-5,7-8H2,2H3,(H,23,24);2*1H. The summed E-state index contributed by atoms with van der Waals surface area (Å²) in [4.78, 5) is 14.5. The van der Waals surface area contributed by atoms with Crippen molar-refractivity contribution in [1.82, 2.24) is 29.5 Å². The first kappa shape index (κ1) is 17.7. The highest BCUT2D eigenvalue weighted by atomic mass is 15.3. The molecule has 2 N–H and O–H groups in total. The molecule has 1 fully saturated rings. The predicted octanol–water partition coefficient (Wildman–Crippen LogP) is 4.19. The Kier molecular flexibility index (Phi) is 4.39. The Morgan fingerprint density at radius 3 is 3.00 bits per heavy atom. The molecular formula is C22H27N7. The van der Waals surface area contributed by atoms with E-state index in [0.29, 0.717) is 5.92 Å². The number of H-pyrrole nitrogens is 1. The van der Waals surface area contributed by atoms with Crippen molar-refractivity contribution in [3.05, 3.63) is 61.1 Å². The summed E-state index contributed by atoms with van der Waals surface area (Å²) < 4.78 is 1.76. The van der Waals surface area contributed by atoms with Gasteiger partial charge in [0.1, 0.15) is 12.0 Å². The number of aromatic nitrogens is 5. The van der Waals surface area contributed by atoms with E-state index in [0.717, 1.165) is 65.1 Å². The number of nitrogens with zero attached hydrogens (tertiary/aromatic N) is 5. The molecule has 4 aromatic rings.